The Hall–Kier alpha value is -1.27. The molecular weight excluding hydrogens is 358 g/mol. The Kier molecular flexibility index (Phi) is 5.11. The predicted molar refractivity (Wildman–Crippen MR) is 86.7 cm³/mol. The maximum absolute atomic E-state index is 12.7. The second-order valence-corrected chi connectivity index (χ2v) is 6.50. The van der Waals surface area contributed by atoms with Gasteiger partial charge in [-0.25, -0.2) is 0 Å². The van der Waals surface area contributed by atoms with E-state index in [-0.39, 0.29) is 11.7 Å². The molecule has 1 saturated carbocycles. The number of nitrogens with one attached hydrogen (secondary N) is 1. The molecule has 1 amide bonds. The van der Waals surface area contributed by atoms with Crippen LogP contribution in [-0.2, 0) is 4.79 Å². The number of benzene rings is 1. The fourth-order valence-electron chi connectivity index (χ4n) is 2.69. The van der Waals surface area contributed by atoms with Crippen molar-refractivity contribution in [3.05, 3.63) is 27.7 Å². The van der Waals surface area contributed by atoms with Gasteiger partial charge in [0.25, 0.3) is 0 Å². The number of nitrogens with two attached hydrogens (primary N) is 1. The summed E-state index contributed by atoms with van der Waals surface area (Å²) in [4.78, 5) is 12.7. The Morgan fingerprint density at radius 3 is 2.67 bits per heavy atom. The van der Waals surface area contributed by atoms with E-state index in [2.05, 4.69) is 26.4 Å². The van der Waals surface area contributed by atoms with Gasteiger partial charge >= 0.3 is 0 Å². The zero-order valence-electron chi connectivity index (χ0n) is 11.4. The monoisotopic (exact) mass is 373 g/mol. The summed E-state index contributed by atoms with van der Waals surface area (Å²) in [5, 5.41) is 15.5. The van der Waals surface area contributed by atoms with Crippen LogP contribution in [0, 0.1) is 5.41 Å². The average Bonchev–Trinajstić information content (AvgIpc) is 2.50. The number of hydrogen-bond acceptors (Lipinski definition) is 3. The van der Waals surface area contributed by atoms with Crippen LogP contribution in [0.25, 0.3) is 0 Å². The molecule has 0 saturated heterocycles. The lowest BCUT2D eigenvalue weighted by Gasteiger charge is -2.34. The van der Waals surface area contributed by atoms with Crippen LogP contribution in [0.3, 0.4) is 0 Å². The molecule has 0 spiro atoms. The fourth-order valence-corrected chi connectivity index (χ4v) is 3.20. The normalized spacial score (nSPS) is 18.3. The Labute approximate surface area is 136 Å². The fraction of sp³-hybridized carbons (Fsp3) is 0.429. The van der Waals surface area contributed by atoms with Crippen molar-refractivity contribution in [1.82, 2.24) is 0 Å². The number of carbonyl (C=O) groups excluding carboxylic acids is 1. The number of halogens is 2. The van der Waals surface area contributed by atoms with E-state index in [4.69, 9.17) is 22.5 Å². The van der Waals surface area contributed by atoms with E-state index in [1.807, 2.05) is 0 Å². The molecule has 0 radical (unpaired) electrons. The molecule has 21 heavy (non-hydrogen) atoms. The summed E-state index contributed by atoms with van der Waals surface area (Å²) in [6, 6.07) is 5.14. The number of amidine groups is 1. The quantitative estimate of drug-likeness (QED) is 0.326. The van der Waals surface area contributed by atoms with Crippen LogP contribution in [0.15, 0.2) is 27.8 Å². The molecule has 0 unspecified atom stereocenters. The number of rotatable bonds is 3. The van der Waals surface area contributed by atoms with Gasteiger partial charge in [-0.1, -0.05) is 36.0 Å². The first-order valence-corrected chi connectivity index (χ1v) is 7.91. The first-order chi connectivity index (χ1) is 9.99. The van der Waals surface area contributed by atoms with Crippen LogP contribution in [0.5, 0.6) is 0 Å². The molecule has 1 fully saturated rings. The number of amides is 1. The maximum Gasteiger partial charge on any atom is 0.238 e. The summed E-state index contributed by atoms with van der Waals surface area (Å²) in [6.45, 7) is 0. The first-order valence-electron chi connectivity index (χ1n) is 6.74. The second-order valence-electron chi connectivity index (χ2n) is 5.21. The van der Waals surface area contributed by atoms with Crippen LogP contribution in [0.2, 0.25) is 5.02 Å². The summed E-state index contributed by atoms with van der Waals surface area (Å²) in [5.74, 6) is -0.293. The lowest BCUT2D eigenvalue weighted by molar-refractivity contribution is -0.123. The summed E-state index contributed by atoms with van der Waals surface area (Å²) in [6.07, 6.45) is 3.95. The number of anilines is 1. The molecule has 7 heteroatoms. The van der Waals surface area contributed by atoms with Crippen molar-refractivity contribution >= 4 is 45.0 Å². The van der Waals surface area contributed by atoms with E-state index in [1.54, 1.807) is 18.2 Å². The van der Waals surface area contributed by atoms with Gasteiger partial charge in [-0.2, -0.15) is 0 Å². The molecule has 4 N–H and O–H groups in total. The van der Waals surface area contributed by atoms with Gasteiger partial charge in [-0.15, -0.1) is 0 Å². The number of carbonyl (C=O) groups is 1. The predicted octanol–water partition coefficient (Wildman–Crippen LogP) is 3.74. The lowest BCUT2D eigenvalue weighted by Crippen LogP contribution is -2.48. The lowest BCUT2D eigenvalue weighted by atomic mass is 9.72. The Morgan fingerprint density at radius 1 is 1.38 bits per heavy atom. The number of nitrogens with zero attached hydrogens (tertiary/aromatic N) is 1. The Balaban J connectivity index is 2.29. The summed E-state index contributed by atoms with van der Waals surface area (Å²) in [7, 11) is 0. The molecule has 0 aliphatic heterocycles. The minimum atomic E-state index is -0.950. The maximum atomic E-state index is 12.7. The van der Waals surface area contributed by atoms with Gasteiger partial charge in [-0.05, 0) is 47.0 Å². The highest BCUT2D eigenvalue weighted by molar-refractivity contribution is 9.10. The van der Waals surface area contributed by atoms with Crippen LogP contribution in [-0.4, -0.2) is 17.0 Å². The van der Waals surface area contributed by atoms with Crippen molar-refractivity contribution in [3.8, 4) is 0 Å². The Bertz CT molecular complexity index is 571. The molecular formula is C14H17BrClN3O2. The highest BCUT2D eigenvalue weighted by Crippen LogP contribution is 2.38. The molecule has 1 aromatic rings. The number of oxime groups is 1. The molecule has 0 atom stereocenters. The van der Waals surface area contributed by atoms with E-state index < -0.39 is 5.41 Å². The second kappa shape index (κ2) is 6.66. The van der Waals surface area contributed by atoms with E-state index in [1.165, 1.54) is 0 Å². The van der Waals surface area contributed by atoms with Crippen LogP contribution in [0.1, 0.15) is 32.1 Å². The Morgan fingerprint density at radius 2 is 2.05 bits per heavy atom. The number of hydrogen-bond donors (Lipinski definition) is 3. The van der Waals surface area contributed by atoms with E-state index >= 15 is 0 Å². The molecule has 114 valence electrons. The molecule has 0 bridgehead atoms. The van der Waals surface area contributed by atoms with Gasteiger partial charge in [0.1, 0.15) is 5.41 Å². The van der Waals surface area contributed by atoms with Crippen molar-refractivity contribution in [2.45, 2.75) is 32.1 Å². The molecule has 2 rings (SSSR count). The molecule has 5 nitrogen and oxygen atoms in total. The largest absolute Gasteiger partial charge is 0.409 e. The minimum Gasteiger partial charge on any atom is -0.409 e. The van der Waals surface area contributed by atoms with E-state index in [0.717, 1.165) is 23.7 Å². The van der Waals surface area contributed by atoms with Crippen molar-refractivity contribution in [2.24, 2.45) is 16.3 Å². The van der Waals surface area contributed by atoms with Crippen molar-refractivity contribution in [3.63, 3.8) is 0 Å². The average molecular weight is 375 g/mol. The van der Waals surface area contributed by atoms with E-state index in [9.17, 15) is 4.79 Å². The van der Waals surface area contributed by atoms with Crippen molar-refractivity contribution in [1.29, 1.82) is 0 Å². The first kappa shape index (κ1) is 16.1. The summed E-state index contributed by atoms with van der Waals surface area (Å²) < 4.78 is 0.728. The van der Waals surface area contributed by atoms with Crippen molar-refractivity contribution < 1.29 is 10.0 Å². The molecule has 0 heterocycles. The standard InChI is InChI=1S/C14H17BrClN3O2/c15-10-5-4-9(16)8-11(10)18-13(20)14(12(17)19-21)6-2-1-3-7-14/h4-5,8,21H,1-3,6-7H2,(H2,17,19)(H,18,20). The van der Waals surface area contributed by atoms with Gasteiger partial charge in [0.15, 0.2) is 5.84 Å². The van der Waals surface area contributed by atoms with Gasteiger partial charge in [0.2, 0.25) is 5.91 Å². The highest BCUT2D eigenvalue weighted by atomic mass is 79.9. The van der Waals surface area contributed by atoms with Crippen LogP contribution < -0.4 is 11.1 Å². The van der Waals surface area contributed by atoms with Gasteiger partial charge < -0.3 is 16.3 Å². The highest BCUT2D eigenvalue weighted by Gasteiger charge is 2.44. The van der Waals surface area contributed by atoms with Crippen molar-refractivity contribution in [2.75, 3.05) is 5.32 Å². The topological polar surface area (TPSA) is 87.7 Å². The van der Waals surface area contributed by atoms with Gasteiger partial charge in [-0.3, -0.25) is 4.79 Å². The zero-order valence-corrected chi connectivity index (χ0v) is 13.7. The summed E-state index contributed by atoms with van der Waals surface area (Å²) >= 11 is 9.32. The third-order valence-electron chi connectivity index (χ3n) is 3.92. The molecule has 1 aliphatic rings. The minimum absolute atomic E-state index is 0.0298. The smallest absolute Gasteiger partial charge is 0.238 e. The molecule has 0 aromatic heterocycles. The van der Waals surface area contributed by atoms with Crippen LogP contribution in [0.4, 0.5) is 5.69 Å². The summed E-state index contributed by atoms with van der Waals surface area (Å²) in [5.41, 5.74) is 5.43. The van der Waals surface area contributed by atoms with Crippen LogP contribution >= 0.6 is 27.5 Å². The SMILES string of the molecule is N/C(=N/O)C1(C(=O)Nc2cc(Cl)ccc2Br)CCCCC1. The zero-order chi connectivity index (χ0) is 15.5. The molecule has 1 aromatic carbocycles. The third kappa shape index (κ3) is 3.32. The van der Waals surface area contributed by atoms with Gasteiger partial charge in [0, 0.05) is 9.50 Å². The molecule has 1 aliphatic carbocycles. The van der Waals surface area contributed by atoms with Gasteiger partial charge in [0.05, 0.1) is 5.69 Å². The third-order valence-corrected chi connectivity index (χ3v) is 4.84. The van der Waals surface area contributed by atoms with E-state index in [0.29, 0.717) is 23.6 Å².